The zero-order valence-electron chi connectivity index (χ0n) is 19.1. The summed E-state index contributed by atoms with van der Waals surface area (Å²) in [7, 11) is 1.65. The maximum absolute atomic E-state index is 12.9. The summed E-state index contributed by atoms with van der Waals surface area (Å²) in [6.45, 7) is 3.29. The number of primary amides is 1. The highest BCUT2D eigenvalue weighted by Crippen LogP contribution is 2.23. The molecular weight excluding hydrogens is 456 g/mol. The van der Waals surface area contributed by atoms with Crippen LogP contribution in [0.25, 0.3) is 0 Å². The lowest BCUT2D eigenvalue weighted by molar-refractivity contribution is -0.128. The minimum Gasteiger partial charge on any atom is -0.497 e. The van der Waals surface area contributed by atoms with E-state index in [1.165, 1.54) is 11.8 Å². The predicted octanol–water partition coefficient (Wildman–Crippen LogP) is 1.79. The molecule has 1 fully saturated rings. The maximum Gasteiger partial charge on any atom is 0.233 e. The van der Waals surface area contributed by atoms with Crippen LogP contribution in [0.15, 0.2) is 52.2 Å². The minimum absolute atomic E-state index is 0.0608. The van der Waals surface area contributed by atoms with Gasteiger partial charge in [-0.1, -0.05) is 11.8 Å². The Balaban J connectivity index is 1.33. The molecular formula is C23H28N6O4S. The van der Waals surface area contributed by atoms with Gasteiger partial charge in [-0.2, -0.15) is 0 Å². The van der Waals surface area contributed by atoms with E-state index in [1.54, 1.807) is 13.4 Å². The van der Waals surface area contributed by atoms with Crippen LogP contribution in [0.3, 0.4) is 0 Å². The number of thioether (sulfide) groups is 1. The van der Waals surface area contributed by atoms with Gasteiger partial charge in [0.15, 0.2) is 5.16 Å². The molecule has 10 nitrogen and oxygen atoms in total. The number of carbonyl (C=O) groups is 2. The number of benzene rings is 1. The fourth-order valence-corrected chi connectivity index (χ4v) is 4.65. The minimum atomic E-state index is -0.397. The fraction of sp³-hybridized carbons (Fsp3) is 0.391. The molecule has 0 radical (unpaired) electrons. The van der Waals surface area contributed by atoms with Crippen LogP contribution in [-0.2, 0) is 22.6 Å². The number of carbonyl (C=O) groups excluding carboxylic acids is 2. The van der Waals surface area contributed by atoms with Crippen molar-refractivity contribution in [3.8, 4) is 5.75 Å². The molecule has 2 N–H and O–H groups in total. The van der Waals surface area contributed by atoms with E-state index in [2.05, 4.69) is 15.1 Å². The molecule has 0 spiro atoms. The second-order valence-corrected chi connectivity index (χ2v) is 8.83. The van der Waals surface area contributed by atoms with Crippen molar-refractivity contribution in [2.75, 3.05) is 43.9 Å². The lowest BCUT2D eigenvalue weighted by Crippen LogP contribution is -2.49. The van der Waals surface area contributed by atoms with Crippen molar-refractivity contribution < 1.29 is 18.7 Å². The third kappa shape index (κ3) is 5.90. The maximum atomic E-state index is 12.9. The van der Waals surface area contributed by atoms with Gasteiger partial charge in [0.05, 0.1) is 25.7 Å². The van der Waals surface area contributed by atoms with E-state index in [4.69, 9.17) is 14.9 Å². The molecule has 0 saturated carbocycles. The molecule has 3 heterocycles. The van der Waals surface area contributed by atoms with Crippen LogP contribution in [0.1, 0.15) is 18.0 Å². The molecule has 0 bridgehead atoms. The van der Waals surface area contributed by atoms with Gasteiger partial charge in [-0.15, -0.1) is 10.2 Å². The van der Waals surface area contributed by atoms with Crippen molar-refractivity contribution >= 4 is 29.3 Å². The highest BCUT2D eigenvalue weighted by atomic mass is 32.2. The average molecular weight is 485 g/mol. The Morgan fingerprint density at radius 2 is 1.88 bits per heavy atom. The number of aryl methyl sites for hydroxylation is 1. The van der Waals surface area contributed by atoms with Crippen molar-refractivity contribution in [3.63, 3.8) is 0 Å². The molecule has 34 heavy (non-hydrogen) atoms. The van der Waals surface area contributed by atoms with Gasteiger partial charge in [0.2, 0.25) is 11.8 Å². The van der Waals surface area contributed by atoms with Gasteiger partial charge in [-0.05, 0) is 36.4 Å². The molecule has 1 aliphatic heterocycles. The molecule has 1 saturated heterocycles. The van der Waals surface area contributed by atoms with Crippen molar-refractivity contribution in [1.29, 1.82) is 0 Å². The number of ether oxygens (including phenoxy) is 1. The van der Waals surface area contributed by atoms with E-state index >= 15 is 0 Å². The Hall–Kier alpha value is -3.47. The van der Waals surface area contributed by atoms with E-state index in [0.717, 1.165) is 30.3 Å². The highest BCUT2D eigenvalue weighted by molar-refractivity contribution is 7.99. The number of hydrogen-bond donors (Lipinski definition) is 1. The van der Waals surface area contributed by atoms with E-state index in [0.29, 0.717) is 37.0 Å². The summed E-state index contributed by atoms with van der Waals surface area (Å²) in [6.07, 6.45) is 2.16. The molecule has 4 rings (SSSR count). The largest absolute Gasteiger partial charge is 0.497 e. The number of nitrogens with zero attached hydrogens (tertiary/aromatic N) is 5. The van der Waals surface area contributed by atoms with Crippen LogP contribution in [-0.4, -0.2) is 70.5 Å². The number of furan rings is 1. The molecule has 0 unspecified atom stereocenters. The monoisotopic (exact) mass is 484 g/mol. The van der Waals surface area contributed by atoms with Gasteiger partial charge in [-0.3, -0.25) is 14.2 Å². The number of aromatic nitrogens is 3. The fourth-order valence-electron chi connectivity index (χ4n) is 3.79. The van der Waals surface area contributed by atoms with Crippen LogP contribution in [0.5, 0.6) is 5.75 Å². The van der Waals surface area contributed by atoms with Crippen LogP contribution >= 0.6 is 11.8 Å². The molecule has 0 atom stereocenters. The summed E-state index contributed by atoms with van der Waals surface area (Å²) in [4.78, 5) is 28.3. The molecule has 1 aliphatic rings. The third-order valence-electron chi connectivity index (χ3n) is 5.68. The number of rotatable bonds is 10. The number of methoxy groups -OCH3 is 1. The first kappa shape index (κ1) is 23.7. The zero-order valence-corrected chi connectivity index (χ0v) is 19.9. The second kappa shape index (κ2) is 11.1. The summed E-state index contributed by atoms with van der Waals surface area (Å²) in [6, 6.07) is 11.6. The smallest absolute Gasteiger partial charge is 0.233 e. The van der Waals surface area contributed by atoms with Gasteiger partial charge >= 0.3 is 0 Å². The molecule has 2 aromatic heterocycles. The van der Waals surface area contributed by atoms with Crippen LogP contribution in [0, 0.1) is 0 Å². The van der Waals surface area contributed by atoms with Crippen molar-refractivity contribution in [3.05, 3.63) is 54.2 Å². The Morgan fingerprint density at radius 1 is 1.12 bits per heavy atom. The van der Waals surface area contributed by atoms with Crippen LogP contribution in [0.4, 0.5) is 5.69 Å². The lowest BCUT2D eigenvalue weighted by atomic mass is 10.2. The standard InChI is InChI=1S/C23H28N6O4S/c1-32-18-6-4-17(5-7-18)27-10-12-28(13-11-27)22(31)16-34-23-26-25-21(9-8-20(24)30)29(23)15-19-3-2-14-33-19/h2-7,14H,8-13,15-16H2,1H3,(H2,24,30). The van der Waals surface area contributed by atoms with E-state index < -0.39 is 5.91 Å². The van der Waals surface area contributed by atoms with Crippen molar-refractivity contribution in [2.45, 2.75) is 24.5 Å². The van der Waals surface area contributed by atoms with Crippen LogP contribution in [0.2, 0.25) is 0 Å². The van der Waals surface area contributed by atoms with Gasteiger partial charge in [0.25, 0.3) is 0 Å². The van der Waals surface area contributed by atoms with Crippen molar-refractivity contribution in [2.24, 2.45) is 5.73 Å². The Bertz CT molecular complexity index is 1090. The van der Waals surface area contributed by atoms with Gasteiger partial charge in [0, 0.05) is 44.7 Å². The first-order valence-corrected chi connectivity index (χ1v) is 12.0. The second-order valence-electron chi connectivity index (χ2n) is 7.89. The normalized spacial score (nSPS) is 13.8. The molecule has 0 aliphatic carbocycles. The summed E-state index contributed by atoms with van der Waals surface area (Å²) >= 11 is 1.34. The third-order valence-corrected chi connectivity index (χ3v) is 6.63. The Labute approximate surface area is 202 Å². The van der Waals surface area contributed by atoms with E-state index in [1.807, 2.05) is 45.9 Å². The van der Waals surface area contributed by atoms with Crippen LogP contribution < -0.4 is 15.4 Å². The topological polar surface area (TPSA) is 120 Å². The Kier molecular flexibility index (Phi) is 7.73. The Morgan fingerprint density at radius 3 is 2.53 bits per heavy atom. The van der Waals surface area contributed by atoms with Gasteiger partial charge in [-0.25, -0.2) is 0 Å². The number of amides is 2. The zero-order chi connectivity index (χ0) is 23.9. The summed E-state index contributed by atoms with van der Waals surface area (Å²) < 4.78 is 12.6. The molecule has 11 heteroatoms. The lowest BCUT2D eigenvalue weighted by Gasteiger charge is -2.36. The van der Waals surface area contributed by atoms with E-state index in [9.17, 15) is 9.59 Å². The predicted molar refractivity (Wildman–Crippen MR) is 128 cm³/mol. The van der Waals surface area contributed by atoms with Gasteiger partial charge in [0.1, 0.15) is 17.3 Å². The SMILES string of the molecule is COc1ccc(N2CCN(C(=O)CSc3nnc(CCC(N)=O)n3Cc3ccco3)CC2)cc1. The number of hydrogen-bond acceptors (Lipinski definition) is 8. The molecule has 2 amide bonds. The quantitative estimate of drug-likeness (QED) is 0.433. The first-order valence-electron chi connectivity index (χ1n) is 11.1. The molecule has 1 aromatic carbocycles. The molecule has 3 aromatic rings. The highest BCUT2D eigenvalue weighted by Gasteiger charge is 2.23. The number of anilines is 1. The number of piperazine rings is 1. The summed E-state index contributed by atoms with van der Waals surface area (Å²) in [5.74, 6) is 2.12. The van der Waals surface area contributed by atoms with Crippen molar-refractivity contribution in [1.82, 2.24) is 19.7 Å². The summed E-state index contributed by atoms with van der Waals surface area (Å²) in [5, 5.41) is 9.08. The average Bonchev–Trinajstić information content (AvgIpc) is 3.51. The van der Waals surface area contributed by atoms with Gasteiger partial charge < -0.3 is 24.7 Å². The number of nitrogens with two attached hydrogens (primary N) is 1. The first-order chi connectivity index (χ1) is 16.5. The molecule has 180 valence electrons. The van der Waals surface area contributed by atoms with E-state index in [-0.39, 0.29) is 18.1 Å². The summed E-state index contributed by atoms with van der Waals surface area (Å²) in [5.41, 5.74) is 6.42.